The zero-order valence-electron chi connectivity index (χ0n) is 28.8. The molecule has 5 nitrogen and oxygen atoms in total. The van der Waals surface area contributed by atoms with E-state index < -0.39 is 0 Å². The fourth-order valence-electron chi connectivity index (χ4n) is 7.59. The van der Waals surface area contributed by atoms with Gasteiger partial charge >= 0.3 is 0 Å². The van der Waals surface area contributed by atoms with Crippen LogP contribution in [0.5, 0.6) is 0 Å². The van der Waals surface area contributed by atoms with E-state index in [0.717, 1.165) is 92.1 Å². The Balaban J connectivity index is 1.17. The van der Waals surface area contributed by atoms with Gasteiger partial charge in [0.1, 0.15) is 16.2 Å². The molecule has 8 aromatic carbocycles. The highest BCUT2D eigenvalue weighted by Crippen LogP contribution is 2.42. The van der Waals surface area contributed by atoms with Crippen molar-refractivity contribution in [2.24, 2.45) is 0 Å². The summed E-state index contributed by atoms with van der Waals surface area (Å²) in [5, 5.41) is 7.53. The van der Waals surface area contributed by atoms with Gasteiger partial charge in [-0.15, -0.1) is 11.3 Å². The zero-order valence-corrected chi connectivity index (χ0v) is 29.6. The third-order valence-electron chi connectivity index (χ3n) is 10.1. The van der Waals surface area contributed by atoms with Gasteiger partial charge in [-0.1, -0.05) is 140 Å². The normalized spacial score (nSPS) is 11.7. The summed E-state index contributed by atoms with van der Waals surface area (Å²) in [6.45, 7) is 0. The molecule has 0 atom stereocenters. The quantitative estimate of drug-likeness (QED) is 0.178. The molecule has 0 fully saturated rings. The number of rotatable bonds is 5. The van der Waals surface area contributed by atoms with Crippen LogP contribution >= 0.6 is 11.3 Å². The molecule has 0 aliphatic heterocycles. The van der Waals surface area contributed by atoms with Crippen molar-refractivity contribution in [3.05, 3.63) is 170 Å². The maximum absolute atomic E-state index is 6.53. The van der Waals surface area contributed by atoms with Crippen molar-refractivity contribution < 1.29 is 4.42 Å². The molecule has 3 aromatic heterocycles. The predicted octanol–water partition coefficient (Wildman–Crippen LogP) is 13.0. The molecule has 0 bridgehead atoms. The Hall–Kier alpha value is -7.02. The van der Waals surface area contributed by atoms with E-state index in [1.165, 1.54) is 0 Å². The molecule has 0 radical (unpaired) electrons. The Bertz CT molecular complexity index is 3220. The van der Waals surface area contributed by atoms with Crippen LogP contribution in [0.15, 0.2) is 174 Å². The maximum Gasteiger partial charge on any atom is 0.164 e. The van der Waals surface area contributed by atoms with Gasteiger partial charge in [-0.2, -0.15) is 0 Å². The fraction of sp³-hybridized carbons (Fsp3) is 0. The molecule has 0 saturated heterocycles. The second-order valence-electron chi connectivity index (χ2n) is 13.4. The molecule has 0 spiro atoms. The van der Waals surface area contributed by atoms with Crippen LogP contribution in [-0.2, 0) is 0 Å². The lowest BCUT2D eigenvalue weighted by Crippen LogP contribution is -2.01. The van der Waals surface area contributed by atoms with Crippen molar-refractivity contribution >= 4 is 65.0 Å². The number of aromatic nitrogens is 4. The minimum absolute atomic E-state index is 0.581. The largest absolute Gasteiger partial charge is 0.456 e. The Morgan fingerprint density at radius 2 is 1.09 bits per heavy atom. The molecule has 11 rings (SSSR count). The predicted molar refractivity (Wildman–Crippen MR) is 222 cm³/mol. The maximum atomic E-state index is 6.53. The molecular weight excluding hydrogens is 681 g/mol. The molecule has 252 valence electrons. The number of fused-ring (bicyclic) bond motifs is 6. The minimum Gasteiger partial charge on any atom is -0.456 e. The Morgan fingerprint density at radius 3 is 1.93 bits per heavy atom. The standard InChI is InChI=1S/C48H28N4OS/c1-3-14-31(15-4-1)43-35-19-10-9-13-30(35)24-25-37(43)47-51-45(34-23-22-29-12-7-8-18-33(29)26-34)50-46(52-47)36-20-11-21-40-44(36)38-27-42-39(28-41(38)53-40)49-48(54-42)32-16-5-2-6-17-32/h1-28H. The number of thiazole rings is 1. The van der Waals surface area contributed by atoms with E-state index in [2.05, 4.69) is 133 Å². The van der Waals surface area contributed by atoms with Crippen LogP contribution in [0.2, 0.25) is 0 Å². The highest BCUT2D eigenvalue weighted by atomic mass is 32.1. The summed E-state index contributed by atoms with van der Waals surface area (Å²) in [4.78, 5) is 20.8. The van der Waals surface area contributed by atoms with Crippen molar-refractivity contribution in [3.8, 4) is 55.9 Å². The van der Waals surface area contributed by atoms with Gasteiger partial charge in [0, 0.05) is 44.7 Å². The average molecular weight is 709 g/mol. The second kappa shape index (κ2) is 12.3. The van der Waals surface area contributed by atoms with Crippen LogP contribution in [0.3, 0.4) is 0 Å². The van der Waals surface area contributed by atoms with Gasteiger partial charge in [0.15, 0.2) is 17.5 Å². The summed E-state index contributed by atoms with van der Waals surface area (Å²) in [5.41, 5.74) is 8.49. The Labute approximate surface area is 313 Å². The molecule has 6 heteroatoms. The molecule has 0 unspecified atom stereocenters. The van der Waals surface area contributed by atoms with E-state index in [0.29, 0.717) is 17.5 Å². The molecular formula is C48H28N4OS. The molecule has 0 aliphatic carbocycles. The first-order chi connectivity index (χ1) is 26.7. The fourth-order valence-corrected chi connectivity index (χ4v) is 8.58. The van der Waals surface area contributed by atoms with Gasteiger partial charge in [0.05, 0.1) is 10.2 Å². The molecule has 0 amide bonds. The first kappa shape index (κ1) is 30.6. The average Bonchev–Trinajstić information content (AvgIpc) is 3.83. The van der Waals surface area contributed by atoms with Gasteiger partial charge < -0.3 is 4.42 Å². The molecule has 0 aliphatic rings. The zero-order chi connectivity index (χ0) is 35.6. The number of furan rings is 1. The number of hydrogen-bond acceptors (Lipinski definition) is 6. The van der Waals surface area contributed by atoms with Crippen molar-refractivity contribution in [2.75, 3.05) is 0 Å². The summed E-state index contributed by atoms with van der Waals surface area (Å²) in [5.74, 6) is 1.79. The summed E-state index contributed by atoms with van der Waals surface area (Å²) in [6.07, 6.45) is 0. The first-order valence-corrected chi connectivity index (χ1v) is 18.7. The van der Waals surface area contributed by atoms with Gasteiger partial charge in [-0.25, -0.2) is 19.9 Å². The monoisotopic (exact) mass is 708 g/mol. The summed E-state index contributed by atoms with van der Waals surface area (Å²) >= 11 is 1.69. The van der Waals surface area contributed by atoms with Crippen LogP contribution in [-0.4, -0.2) is 19.9 Å². The van der Waals surface area contributed by atoms with Crippen molar-refractivity contribution in [1.29, 1.82) is 0 Å². The van der Waals surface area contributed by atoms with E-state index >= 15 is 0 Å². The molecule has 11 aromatic rings. The van der Waals surface area contributed by atoms with Gasteiger partial charge in [-0.3, -0.25) is 0 Å². The van der Waals surface area contributed by atoms with E-state index in [1.807, 2.05) is 36.4 Å². The van der Waals surface area contributed by atoms with Crippen molar-refractivity contribution in [1.82, 2.24) is 19.9 Å². The number of nitrogens with zero attached hydrogens (tertiary/aromatic N) is 4. The van der Waals surface area contributed by atoms with Gasteiger partial charge in [-0.05, 0) is 51.4 Å². The Morgan fingerprint density at radius 1 is 0.407 bits per heavy atom. The molecule has 3 heterocycles. The number of benzene rings is 8. The van der Waals surface area contributed by atoms with E-state index in [4.69, 9.17) is 24.4 Å². The SMILES string of the molecule is c1ccc(-c2nc3cc4oc5cccc(-c6nc(-c7ccc8ccccc8c7)nc(-c7ccc8ccccc8c7-c7ccccc7)n6)c5c4cc3s2)cc1. The Kier molecular flexibility index (Phi) is 6.97. The third-order valence-corrected chi connectivity index (χ3v) is 11.2. The van der Waals surface area contributed by atoms with Crippen LogP contribution in [0.4, 0.5) is 0 Å². The van der Waals surface area contributed by atoms with Crippen molar-refractivity contribution in [2.45, 2.75) is 0 Å². The second-order valence-corrected chi connectivity index (χ2v) is 14.5. The van der Waals surface area contributed by atoms with E-state index in [1.54, 1.807) is 11.3 Å². The summed E-state index contributed by atoms with van der Waals surface area (Å²) < 4.78 is 7.63. The lowest BCUT2D eigenvalue weighted by atomic mass is 9.93. The first-order valence-electron chi connectivity index (χ1n) is 17.9. The summed E-state index contributed by atoms with van der Waals surface area (Å²) in [7, 11) is 0. The van der Waals surface area contributed by atoms with Gasteiger partial charge in [0.25, 0.3) is 0 Å². The lowest BCUT2D eigenvalue weighted by Gasteiger charge is -2.15. The van der Waals surface area contributed by atoms with Crippen LogP contribution in [0.25, 0.3) is 110 Å². The smallest absolute Gasteiger partial charge is 0.164 e. The van der Waals surface area contributed by atoms with E-state index in [9.17, 15) is 0 Å². The van der Waals surface area contributed by atoms with E-state index in [-0.39, 0.29) is 0 Å². The van der Waals surface area contributed by atoms with Crippen molar-refractivity contribution in [3.63, 3.8) is 0 Å². The molecule has 0 saturated carbocycles. The molecule has 0 N–H and O–H groups in total. The van der Waals surface area contributed by atoms with Gasteiger partial charge in [0.2, 0.25) is 0 Å². The van der Waals surface area contributed by atoms with Crippen LogP contribution in [0.1, 0.15) is 0 Å². The topological polar surface area (TPSA) is 64.7 Å². The summed E-state index contributed by atoms with van der Waals surface area (Å²) in [6, 6.07) is 58.7. The van der Waals surface area contributed by atoms with Crippen LogP contribution in [0, 0.1) is 0 Å². The highest BCUT2D eigenvalue weighted by Gasteiger charge is 2.21. The highest BCUT2D eigenvalue weighted by molar-refractivity contribution is 7.21. The third kappa shape index (κ3) is 5.07. The lowest BCUT2D eigenvalue weighted by molar-refractivity contribution is 0.669. The minimum atomic E-state index is 0.581. The number of hydrogen-bond donors (Lipinski definition) is 0. The molecule has 54 heavy (non-hydrogen) atoms. The van der Waals surface area contributed by atoms with Crippen LogP contribution < -0.4 is 0 Å².